The molecule has 1 rings (SSSR count). The van der Waals surface area contributed by atoms with Crippen molar-refractivity contribution in [3.63, 3.8) is 0 Å². The Labute approximate surface area is 58.8 Å². The van der Waals surface area contributed by atoms with E-state index < -0.39 is 12.2 Å². The molecule has 0 aliphatic carbocycles. The molecule has 4 nitrogen and oxygen atoms in total. The van der Waals surface area contributed by atoms with Crippen LogP contribution in [0.1, 0.15) is 0 Å². The van der Waals surface area contributed by atoms with Crippen LogP contribution in [-0.2, 0) is 14.3 Å². The summed E-state index contributed by atoms with van der Waals surface area (Å²) in [6.45, 7) is 0. The summed E-state index contributed by atoms with van der Waals surface area (Å²) in [6, 6.07) is 0. The van der Waals surface area contributed by atoms with E-state index in [0.717, 1.165) is 0 Å². The van der Waals surface area contributed by atoms with Crippen LogP contribution in [0.5, 0.6) is 0 Å². The molecular weight excluding hydrogens is 134 g/mol. The fourth-order valence-electron chi connectivity index (χ4n) is 0.681. The number of epoxide rings is 1. The number of likely N-dealkylation sites (N-methyl/N-ethyl adjacent to an activating group) is 1. The van der Waals surface area contributed by atoms with E-state index in [4.69, 9.17) is 4.74 Å². The van der Waals surface area contributed by atoms with Gasteiger partial charge in [-0.25, -0.2) is 0 Å². The largest absolute Gasteiger partial charge is 0.351 e. The minimum absolute atomic E-state index is 0.142. The third-order valence-electron chi connectivity index (χ3n) is 1.34. The van der Waals surface area contributed by atoms with Crippen LogP contribution in [0.2, 0.25) is 0 Å². The highest BCUT2D eigenvalue weighted by Crippen LogP contribution is 2.20. The van der Waals surface area contributed by atoms with Crippen LogP contribution in [0.4, 0.5) is 0 Å². The molecule has 2 atom stereocenters. The van der Waals surface area contributed by atoms with E-state index in [0.29, 0.717) is 6.29 Å². The number of aldehydes is 1. The molecule has 56 valence electrons. The molecule has 4 heteroatoms. The zero-order valence-electron chi connectivity index (χ0n) is 5.90. The molecular formula is C6H9NO3. The lowest BCUT2D eigenvalue weighted by molar-refractivity contribution is -0.130. The van der Waals surface area contributed by atoms with Gasteiger partial charge in [0.15, 0.2) is 12.4 Å². The average molecular weight is 143 g/mol. The topological polar surface area (TPSA) is 49.9 Å². The normalized spacial score (nSPS) is 29.4. The molecule has 1 heterocycles. The zero-order chi connectivity index (χ0) is 7.72. The molecule has 1 fully saturated rings. The fourth-order valence-corrected chi connectivity index (χ4v) is 0.681. The van der Waals surface area contributed by atoms with E-state index >= 15 is 0 Å². The van der Waals surface area contributed by atoms with Crippen molar-refractivity contribution in [3.8, 4) is 0 Å². The number of hydrogen-bond acceptors (Lipinski definition) is 3. The van der Waals surface area contributed by atoms with Crippen LogP contribution < -0.4 is 0 Å². The summed E-state index contributed by atoms with van der Waals surface area (Å²) in [7, 11) is 3.26. The van der Waals surface area contributed by atoms with Gasteiger partial charge in [0, 0.05) is 14.1 Å². The molecule has 0 aromatic rings. The van der Waals surface area contributed by atoms with Gasteiger partial charge in [-0.05, 0) is 0 Å². The zero-order valence-corrected chi connectivity index (χ0v) is 5.90. The molecule has 0 radical (unpaired) electrons. The third-order valence-corrected chi connectivity index (χ3v) is 1.34. The molecule has 0 unspecified atom stereocenters. The molecule has 0 N–H and O–H groups in total. The maximum atomic E-state index is 10.9. The van der Waals surface area contributed by atoms with E-state index in [1.54, 1.807) is 14.1 Å². The standard InChI is InChI=1S/C6H9NO3/c1-7(2)6(9)5-4(3-8)10-5/h3-5H,1-2H3/t4-,5+/m1/s1. The predicted molar refractivity (Wildman–Crippen MR) is 33.4 cm³/mol. The van der Waals surface area contributed by atoms with Crippen molar-refractivity contribution in [3.05, 3.63) is 0 Å². The summed E-state index contributed by atoms with van der Waals surface area (Å²) in [5.74, 6) is -0.142. The van der Waals surface area contributed by atoms with Crippen LogP contribution in [0, 0.1) is 0 Å². The first kappa shape index (κ1) is 7.21. The minimum Gasteiger partial charge on any atom is -0.351 e. The summed E-state index contributed by atoms with van der Waals surface area (Å²) in [5, 5.41) is 0. The quantitative estimate of drug-likeness (QED) is 0.369. The van der Waals surface area contributed by atoms with Gasteiger partial charge in [-0.1, -0.05) is 0 Å². The van der Waals surface area contributed by atoms with Crippen molar-refractivity contribution in [1.82, 2.24) is 4.90 Å². The van der Waals surface area contributed by atoms with Crippen molar-refractivity contribution in [2.24, 2.45) is 0 Å². The SMILES string of the molecule is CN(C)C(=O)[C@H]1O[C@@H]1C=O. The lowest BCUT2D eigenvalue weighted by Crippen LogP contribution is -2.27. The summed E-state index contributed by atoms with van der Waals surface area (Å²) >= 11 is 0. The first-order valence-electron chi connectivity index (χ1n) is 2.98. The second-order valence-electron chi connectivity index (χ2n) is 2.39. The highest BCUT2D eigenvalue weighted by Gasteiger charge is 2.45. The first-order valence-corrected chi connectivity index (χ1v) is 2.98. The van der Waals surface area contributed by atoms with Crippen LogP contribution >= 0.6 is 0 Å². The van der Waals surface area contributed by atoms with E-state index in [2.05, 4.69) is 0 Å². The van der Waals surface area contributed by atoms with Crippen molar-refractivity contribution < 1.29 is 14.3 Å². The van der Waals surface area contributed by atoms with E-state index in [1.807, 2.05) is 0 Å². The third kappa shape index (κ3) is 1.16. The number of hydrogen-bond donors (Lipinski definition) is 0. The van der Waals surface area contributed by atoms with Gasteiger partial charge in [0.25, 0.3) is 5.91 Å². The van der Waals surface area contributed by atoms with Gasteiger partial charge in [-0.2, -0.15) is 0 Å². The van der Waals surface area contributed by atoms with E-state index in [1.165, 1.54) is 4.90 Å². The number of ether oxygens (including phenoxy) is 1. The lowest BCUT2D eigenvalue weighted by atomic mass is 10.3. The maximum absolute atomic E-state index is 10.9. The number of carbonyl (C=O) groups is 2. The van der Waals surface area contributed by atoms with Gasteiger partial charge < -0.3 is 14.4 Å². The Hall–Kier alpha value is -0.900. The van der Waals surface area contributed by atoms with E-state index in [9.17, 15) is 9.59 Å². The highest BCUT2D eigenvalue weighted by atomic mass is 16.6. The number of carbonyl (C=O) groups excluding carboxylic acids is 2. The predicted octanol–water partition coefficient (Wildman–Crippen LogP) is -0.959. The molecule has 1 amide bonds. The summed E-state index contributed by atoms with van der Waals surface area (Å²) < 4.78 is 4.73. The Bertz CT molecular complexity index is 166. The molecule has 1 saturated heterocycles. The Morgan fingerprint density at radius 1 is 1.60 bits per heavy atom. The number of nitrogens with zero attached hydrogens (tertiary/aromatic N) is 1. The van der Waals surface area contributed by atoms with Gasteiger partial charge in [-0.3, -0.25) is 4.79 Å². The molecule has 0 aromatic carbocycles. The Morgan fingerprint density at radius 3 is 2.50 bits per heavy atom. The maximum Gasteiger partial charge on any atom is 0.254 e. The van der Waals surface area contributed by atoms with Gasteiger partial charge in [-0.15, -0.1) is 0 Å². The van der Waals surface area contributed by atoms with Gasteiger partial charge >= 0.3 is 0 Å². The first-order chi connectivity index (χ1) is 4.66. The highest BCUT2D eigenvalue weighted by molar-refractivity contribution is 5.88. The smallest absolute Gasteiger partial charge is 0.254 e. The molecule has 0 saturated carbocycles. The molecule has 10 heavy (non-hydrogen) atoms. The van der Waals surface area contributed by atoms with Crippen molar-refractivity contribution in [1.29, 1.82) is 0 Å². The van der Waals surface area contributed by atoms with Crippen LogP contribution in [-0.4, -0.2) is 43.4 Å². The molecule has 1 aliphatic heterocycles. The Morgan fingerprint density at radius 2 is 2.20 bits per heavy atom. The minimum atomic E-state index is -0.507. The van der Waals surface area contributed by atoms with Crippen LogP contribution in [0.25, 0.3) is 0 Å². The van der Waals surface area contributed by atoms with Crippen molar-refractivity contribution in [2.75, 3.05) is 14.1 Å². The second-order valence-corrected chi connectivity index (χ2v) is 2.39. The fraction of sp³-hybridized carbons (Fsp3) is 0.667. The number of amides is 1. The second kappa shape index (κ2) is 2.38. The van der Waals surface area contributed by atoms with Crippen molar-refractivity contribution >= 4 is 12.2 Å². The Balaban J connectivity index is 2.39. The van der Waals surface area contributed by atoms with Gasteiger partial charge in [0.1, 0.15) is 6.10 Å². The average Bonchev–Trinajstić information content (AvgIpc) is 2.64. The monoisotopic (exact) mass is 143 g/mol. The van der Waals surface area contributed by atoms with Crippen LogP contribution in [0.15, 0.2) is 0 Å². The van der Waals surface area contributed by atoms with E-state index in [-0.39, 0.29) is 5.91 Å². The molecule has 0 bridgehead atoms. The molecule has 1 aliphatic rings. The summed E-state index contributed by atoms with van der Waals surface area (Å²) in [5.41, 5.74) is 0. The van der Waals surface area contributed by atoms with Gasteiger partial charge in [0.05, 0.1) is 0 Å². The summed E-state index contributed by atoms with van der Waals surface area (Å²) in [6.07, 6.45) is -0.353. The number of rotatable bonds is 2. The molecule has 0 spiro atoms. The van der Waals surface area contributed by atoms with Gasteiger partial charge in [0.2, 0.25) is 0 Å². The van der Waals surface area contributed by atoms with Crippen LogP contribution in [0.3, 0.4) is 0 Å². The lowest BCUT2D eigenvalue weighted by Gasteiger charge is -2.05. The van der Waals surface area contributed by atoms with Crippen molar-refractivity contribution in [2.45, 2.75) is 12.2 Å². The Kier molecular flexibility index (Phi) is 1.72. The molecule has 0 aromatic heterocycles. The summed E-state index contributed by atoms with van der Waals surface area (Å²) in [4.78, 5) is 22.3.